The molecule has 0 radical (unpaired) electrons. The normalized spacial score (nSPS) is 26.1. The molecule has 16 heavy (non-hydrogen) atoms. The van der Waals surface area contributed by atoms with Gasteiger partial charge in [0.2, 0.25) is 0 Å². The Kier molecular flexibility index (Phi) is 3.29. The monoisotopic (exact) mass is 218 g/mol. The van der Waals surface area contributed by atoms with Gasteiger partial charge in [0.25, 0.3) is 0 Å². The Morgan fingerprint density at radius 1 is 1.25 bits per heavy atom. The van der Waals surface area contributed by atoms with E-state index in [9.17, 15) is 0 Å². The topological polar surface area (TPSA) is 15.9 Å². The lowest BCUT2D eigenvalue weighted by atomic mass is 9.99. The molecule has 1 aliphatic heterocycles. The highest BCUT2D eigenvalue weighted by Crippen LogP contribution is 2.39. The lowest BCUT2D eigenvalue weighted by Gasteiger charge is -2.23. The third kappa shape index (κ3) is 2.27. The van der Waals surface area contributed by atoms with Crippen LogP contribution in [0.1, 0.15) is 39.4 Å². The lowest BCUT2D eigenvalue weighted by Crippen LogP contribution is -2.20. The first kappa shape index (κ1) is 11.6. The quantitative estimate of drug-likeness (QED) is 0.722. The highest BCUT2D eigenvalue weighted by atomic mass is 15.3. The van der Waals surface area contributed by atoms with E-state index in [1.807, 2.05) is 12.3 Å². The summed E-state index contributed by atoms with van der Waals surface area (Å²) in [6, 6.07) is 7.48. The number of hydrogen-bond acceptors (Lipinski definition) is 2. The lowest BCUT2D eigenvalue weighted by molar-refractivity contribution is 0.274. The fraction of sp³-hybridized carbons (Fsp3) is 0.643. The van der Waals surface area contributed by atoms with Gasteiger partial charge in [-0.3, -0.25) is 9.88 Å². The first-order valence-electron chi connectivity index (χ1n) is 6.28. The molecule has 0 aliphatic carbocycles. The van der Waals surface area contributed by atoms with Crippen LogP contribution in [0.4, 0.5) is 0 Å². The van der Waals surface area contributed by atoms with Crippen molar-refractivity contribution in [1.82, 2.24) is 9.88 Å². The Morgan fingerprint density at radius 3 is 2.44 bits per heavy atom. The number of rotatable bonds is 4. The summed E-state index contributed by atoms with van der Waals surface area (Å²) >= 11 is 0. The first-order valence-corrected chi connectivity index (χ1v) is 6.28. The van der Waals surface area contributed by atoms with Crippen LogP contribution in [-0.2, 0) is 0 Å². The van der Waals surface area contributed by atoms with Gasteiger partial charge in [-0.05, 0) is 24.0 Å². The summed E-state index contributed by atoms with van der Waals surface area (Å²) in [7, 11) is 0. The highest BCUT2D eigenvalue weighted by Gasteiger charge is 2.43. The molecule has 1 fully saturated rings. The van der Waals surface area contributed by atoms with Crippen molar-refractivity contribution in [3.8, 4) is 0 Å². The second-order valence-electron chi connectivity index (χ2n) is 5.45. The van der Waals surface area contributed by atoms with Gasteiger partial charge in [-0.25, -0.2) is 0 Å². The largest absolute Gasteiger partial charge is 0.288 e. The molecular weight excluding hydrogens is 196 g/mol. The average Bonchev–Trinajstić information content (AvgIpc) is 2.99. The Hall–Kier alpha value is -0.890. The van der Waals surface area contributed by atoms with Gasteiger partial charge in [0.15, 0.2) is 0 Å². The summed E-state index contributed by atoms with van der Waals surface area (Å²) in [6.45, 7) is 10.4. The molecule has 1 aromatic heterocycles. The van der Waals surface area contributed by atoms with Crippen LogP contribution in [0, 0.1) is 11.8 Å². The summed E-state index contributed by atoms with van der Waals surface area (Å²) < 4.78 is 0. The minimum atomic E-state index is 0.494. The van der Waals surface area contributed by atoms with Gasteiger partial charge in [0, 0.05) is 18.8 Å². The minimum Gasteiger partial charge on any atom is -0.288 e. The van der Waals surface area contributed by atoms with Gasteiger partial charge in [-0.1, -0.05) is 33.8 Å². The van der Waals surface area contributed by atoms with E-state index in [2.05, 4.69) is 49.7 Å². The predicted octanol–water partition coefficient (Wildman–Crippen LogP) is 3.12. The van der Waals surface area contributed by atoms with Crippen LogP contribution in [0.15, 0.2) is 24.4 Å². The smallest absolute Gasteiger partial charge is 0.0578 e. The molecule has 2 heterocycles. The molecule has 0 bridgehead atoms. The third-order valence-corrected chi connectivity index (χ3v) is 3.44. The average molecular weight is 218 g/mol. The molecule has 0 N–H and O–H groups in total. The van der Waals surface area contributed by atoms with Crippen LogP contribution in [0.25, 0.3) is 0 Å². The van der Waals surface area contributed by atoms with Crippen molar-refractivity contribution in [3.63, 3.8) is 0 Å². The number of hydrogen-bond donors (Lipinski definition) is 0. The molecule has 1 aromatic rings. The van der Waals surface area contributed by atoms with E-state index < -0.39 is 0 Å². The summed E-state index contributed by atoms with van der Waals surface area (Å²) in [5, 5.41) is 0. The first-order chi connectivity index (χ1) is 7.61. The molecule has 3 atom stereocenters. The molecule has 0 saturated carbocycles. The molecule has 0 aromatic carbocycles. The SMILES string of the molecule is CC(C)[C@@H]1CN1[C@@H](c1ccccn1)C(C)C. The molecule has 2 nitrogen and oxygen atoms in total. The van der Waals surface area contributed by atoms with Crippen LogP contribution in [-0.4, -0.2) is 22.5 Å². The van der Waals surface area contributed by atoms with Gasteiger partial charge in [-0.2, -0.15) is 0 Å². The van der Waals surface area contributed by atoms with E-state index >= 15 is 0 Å². The number of nitrogens with zero attached hydrogens (tertiary/aromatic N) is 2. The van der Waals surface area contributed by atoms with Crippen LogP contribution >= 0.6 is 0 Å². The molecule has 1 aliphatic rings. The Labute approximate surface area is 98.7 Å². The van der Waals surface area contributed by atoms with Crippen LogP contribution in [0.5, 0.6) is 0 Å². The van der Waals surface area contributed by atoms with E-state index in [0.717, 1.165) is 12.0 Å². The van der Waals surface area contributed by atoms with Crippen molar-refractivity contribution in [2.24, 2.45) is 11.8 Å². The molecular formula is C14H22N2. The fourth-order valence-corrected chi connectivity index (χ4v) is 2.53. The maximum absolute atomic E-state index is 4.51. The molecule has 0 spiro atoms. The van der Waals surface area contributed by atoms with E-state index in [1.165, 1.54) is 12.2 Å². The van der Waals surface area contributed by atoms with E-state index in [0.29, 0.717) is 12.0 Å². The van der Waals surface area contributed by atoms with E-state index in [-0.39, 0.29) is 0 Å². The Balaban J connectivity index is 2.14. The molecule has 1 unspecified atom stereocenters. The standard InChI is InChI=1S/C14H22N2/c1-10(2)13-9-16(13)14(11(3)4)12-7-5-6-8-15-12/h5-8,10-11,13-14H,9H2,1-4H3/t13-,14+,16?/m0/s1. The van der Waals surface area contributed by atoms with Gasteiger partial charge >= 0.3 is 0 Å². The van der Waals surface area contributed by atoms with Gasteiger partial charge in [0.05, 0.1) is 11.7 Å². The van der Waals surface area contributed by atoms with Gasteiger partial charge in [-0.15, -0.1) is 0 Å². The van der Waals surface area contributed by atoms with Crippen LogP contribution < -0.4 is 0 Å². The zero-order valence-electron chi connectivity index (χ0n) is 10.7. The Morgan fingerprint density at radius 2 is 2.00 bits per heavy atom. The molecule has 88 valence electrons. The number of pyridine rings is 1. The molecule has 2 heteroatoms. The Bertz CT molecular complexity index is 332. The number of aromatic nitrogens is 1. The van der Waals surface area contributed by atoms with Crippen molar-refractivity contribution < 1.29 is 0 Å². The maximum atomic E-state index is 4.51. The third-order valence-electron chi connectivity index (χ3n) is 3.44. The predicted molar refractivity (Wildman–Crippen MR) is 67.1 cm³/mol. The second kappa shape index (κ2) is 4.54. The van der Waals surface area contributed by atoms with E-state index in [1.54, 1.807) is 0 Å². The van der Waals surface area contributed by atoms with Crippen molar-refractivity contribution in [3.05, 3.63) is 30.1 Å². The highest BCUT2D eigenvalue weighted by molar-refractivity contribution is 5.13. The van der Waals surface area contributed by atoms with Crippen molar-refractivity contribution in [2.75, 3.05) is 6.54 Å². The summed E-state index contributed by atoms with van der Waals surface area (Å²) in [6.07, 6.45) is 1.90. The van der Waals surface area contributed by atoms with Crippen LogP contribution in [0.3, 0.4) is 0 Å². The van der Waals surface area contributed by atoms with Gasteiger partial charge < -0.3 is 0 Å². The van der Waals surface area contributed by atoms with Gasteiger partial charge in [0.1, 0.15) is 0 Å². The minimum absolute atomic E-state index is 0.494. The molecule has 1 saturated heterocycles. The van der Waals surface area contributed by atoms with Crippen molar-refractivity contribution >= 4 is 0 Å². The maximum Gasteiger partial charge on any atom is 0.0578 e. The second-order valence-corrected chi connectivity index (χ2v) is 5.45. The summed E-state index contributed by atoms with van der Waals surface area (Å²) in [5.74, 6) is 1.38. The molecule has 2 rings (SSSR count). The van der Waals surface area contributed by atoms with Crippen LogP contribution in [0.2, 0.25) is 0 Å². The summed E-state index contributed by atoms with van der Waals surface area (Å²) in [5.41, 5.74) is 1.22. The molecule has 0 amide bonds. The fourth-order valence-electron chi connectivity index (χ4n) is 2.53. The van der Waals surface area contributed by atoms with Crippen molar-refractivity contribution in [1.29, 1.82) is 0 Å². The summed E-state index contributed by atoms with van der Waals surface area (Å²) in [4.78, 5) is 7.09. The van der Waals surface area contributed by atoms with Crippen molar-refractivity contribution in [2.45, 2.75) is 39.8 Å². The van der Waals surface area contributed by atoms with E-state index in [4.69, 9.17) is 0 Å². The zero-order chi connectivity index (χ0) is 11.7. The zero-order valence-corrected chi connectivity index (χ0v) is 10.7.